The highest BCUT2D eigenvalue weighted by Gasteiger charge is 2.16. The van der Waals surface area contributed by atoms with Crippen molar-refractivity contribution in [2.24, 2.45) is 10.2 Å². The van der Waals surface area contributed by atoms with Crippen LogP contribution in [0.1, 0.15) is 0 Å². The van der Waals surface area contributed by atoms with Gasteiger partial charge in [0.1, 0.15) is 0 Å². The van der Waals surface area contributed by atoms with Crippen LogP contribution < -0.4 is 0 Å². The summed E-state index contributed by atoms with van der Waals surface area (Å²) in [6, 6.07) is 23.2. The molecule has 0 aliphatic carbocycles. The Bertz CT molecular complexity index is 861. The summed E-state index contributed by atoms with van der Waals surface area (Å²) < 4.78 is 0. The SMILES string of the molecule is O=[N+]([O-])c1ccccc1-c1ccccc1N=Nc1ccccc1. The number of azo groups is 1. The highest BCUT2D eigenvalue weighted by Crippen LogP contribution is 2.36. The van der Waals surface area contributed by atoms with Gasteiger partial charge in [0.15, 0.2) is 0 Å². The summed E-state index contributed by atoms with van der Waals surface area (Å²) in [5.74, 6) is 0. The van der Waals surface area contributed by atoms with Gasteiger partial charge in [0.05, 0.1) is 21.9 Å². The molecule has 5 nitrogen and oxygen atoms in total. The summed E-state index contributed by atoms with van der Waals surface area (Å²) in [5, 5.41) is 19.7. The van der Waals surface area contributed by atoms with E-state index in [1.54, 1.807) is 24.3 Å². The van der Waals surface area contributed by atoms with E-state index in [9.17, 15) is 10.1 Å². The van der Waals surface area contributed by atoms with Gasteiger partial charge in [0.2, 0.25) is 0 Å². The van der Waals surface area contributed by atoms with Crippen LogP contribution in [0, 0.1) is 10.1 Å². The third-order valence-corrected chi connectivity index (χ3v) is 3.32. The summed E-state index contributed by atoms with van der Waals surface area (Å²) in [6.45, 7) is 0. The number of rotatable bonds is 4. The molecule has 3 rings (SSSR count). The molecule has 0 aromatic heterocycles. The standard InChI is InChI=1S/C18H13N3O2/c22-21(23)18-13-7-5-11-16(18)15-10-4-6-12-17(15)20-19-14-8-2-1-3-9-14/h1-13H. The lowest BCUT2D eigenvalue weighted by atomic mass is 10.0. The van der Waals surface area contributed by atoms with E-state index in [-0.39, 0.29) is 10.6 Å². The Labute approximate surface area is 133 Å². The number of nitro benzene ring substituents is 1. The van der Waals surface area contributed by atoms with E-state index >= 15 is 0 Å². The molecular formula is C18H13N3O2. The van der Waals surface area contributed by atoms with Crippen molar-refractivity contribution in [3.8, 4) is 11.1 Å². The molecule has 3 aromatic rings. The first-order valence-corrected chi connectivity index (χ1v) is 7.05. The van der Waals surface area contributed by atoms with E-state index in [0.29, 0.717) is 16.8 Å². The van der Waals surface area contributed by atoms with Crippen molar-refractivity contribution >= 4 is 17.1 Å². The minimum atomic E-state index is -0.388. The Hall–Kier alpha value is -3.34. The third kappa shape index (κ3) is 3.29. The number of hydrogen-bond acceptors (Lipinski definition) is 4. The molecule has 0 radical (unpaired) electrons. The molecule has 0 spiro atoms. The van der Waals surface area contributed by atoms with Crippen molar-refractivity contribution in [2.75, 3.05) is 0 Å². The summed E-state index contributed by atoms with van der Waals surface area (Å²) in [7, 11) is 0. The van der Waals surface area contributed by atoms with E-state index in [4.69, 9.17) is 0 Å². The number of hydrogen-bond donors (Lipinski definition) is 0. The smallest absolute Gasteiger partial charge is 0.258 e. The van der Waals surface area contributed by atoms with Gasteiger partial charge in [-0.2, -0.15) is 5.11 Å². The first-order valence-electron chi connectivity index (χ1n) is 7.05. The zero-order valence-electron chi connectivity index (χ0n) is 12.2. The van der Waals surface area contributed by atoms with Gasteiger partial charge in [0.25, 0.3) is 5.69 Å². The number of benzene rings is 3. The van der Waals surface area contributed by atoms with E-state index < -0.39 is 0 Å². The molecule has 0 aliphatic rings. The normalized spacial score (nSPS) is 10.8. The van der Waals surface area contributed by atoms with Crippen molar-refractivity contribution in [2.45, 2.75) is 0 Å². The molecule has 0 fully saturated rings. The minimum absolute atomic E-state index is 0.0508. The highest BCUT2D eigenvalue weighted by molar-refractivity contribution is 5.81. The monoisotopic (exact) mass is 303 g/mol. The first kappa shape index (κ1) is 14.6. The maximum Gasteiger partial charge on any atom is 0.277 e. The highest BCUT2D eigenvalue weighted by atomic mass is 16.6. The fraction of sp³-hybridized carbons (Fsp3) is 0. The molecule has 23 heavy (non-hydrogen) atoms. The summed E-state index contributed by atoms with van der Waals surface area (Å²) in [4.78, 5) is 10.8. The molecule has 112 valence electrons. The zero-order chi connectivity index (χ0) is 16.1. The van der Waals surface area contributed by atoms with Crippen LogP contribution in [0.3, 0.4) is 0 Å². The molecule has 0 N–H and O–H groups in total. The van der Waals surface area contributed by atoms with Gasteiger partial charge in [-0.25, -0.2) is 0 Å². The maximum atomic E-state index is 11.2. The topological polar surface area (TPSA) is 67.9 Å². The van der Waals surface area contributed by atoms with Crippen molar-refractivity contribution in [1.29, 1.82) is 0 Å². The van der Waals surface area contributed by atoms with E-state index in [0.717, 1.165) is 5.69 Å². The molecule has 0 unspecified atom stereocenters. The van der Waals surface area contributed by atoms with Gasteiger partial charge in [-0.05, 0) is 24.3 Å². The fourth-order valence-corrected chi connectivity index (χ4v) is 2.26. The number of nitro groups is 1. The molecule has 0 aliphatic heterocycles. The predicted molar refractivity (Wildman–Crippen MR) is 89.2 cm³/mol. The second-order valence-electron chi connectivity index (χ2n) is 4.83. The molecule has 5 heteroatoms. The lowest BCUT2D eigenvalue weighted by Crippen LogP contribution is -1.91. The van der Waals surface area contributed by atoms with Crippen LogP contribution in [0.5, 0.6) is 0 Å². The van der Waals surface area contributed by atoms with Crippen LogP contribution in [-0.4, -0.2) is 4.92 Å². The Kier molecular flexibility index (Phi) is 4.20. The van der Waals surface area contributed by atoms with Gasteiger partial charge in [-0.3, -0.25) is 10.1 Å². The van der Waals surface area contributed by atoms with E-state index in [1.807, 2.05) is 48.5 Å². The quantitative estimate of drug-likeness (QED) is 0.353. The lowest BCUT2D eigenvalue weighted by molar-refractivity contribution is -0.384. The predicted octanol–water partition coefficient (Wildman–Crippen LogP) is 5.68. The molecule has 0 saturated heterocycles. The Morgan fingerprint density at radius 3 is 2.04 bits per heavy atom. The second-order valence-corrected chi connectivity index (χ2v) is 4.83. The molecule has 3 aromatic carbocycles. The van der Waals surface area contributed by atoms with E-state index in [1.165, 1.54) is 6.07 Å². The third-order valence-electron chi connectivity index (χ3n) is 3.32. The van der Waals surface area contributed by atoms with Crippen molar-refractivity contribution in [1.82, 2.24) is 0 Å². The molecule has 0 atom stereocenters. The number of nitrogens with zero attached hydrogens (tertiary/aromatic N) is 3. The van der Waals surface area contributed by atoms with E-state index in [2.05, 4.69) is 10.2 Å². The Morgan fingerprint density at radius 1 is 0.696 bits per heavy atom. The van der Waals surface area contributed by atoms with Crippen molar-refractivity contribution in [3.63, 3.8) is 0 Å². The van der Waals surface area contributed by atoms with Crippen LogP contribution in [0.2, 0.25) is 0 Å². The average Bonchev–Trinajstić information content (AvgIpc) is 2.61. The van der Waals surface area contributed by atoms with Crippen LogP contribution in [0.15, 0.2) is 89.1 Å². The summed E-state index contributed by atoms with van der Waals surface area (Å²) >= 11 is 0. The fourth-order valence-electron chi connectivity index (χ4n) is 2.26. The van der Waals surface area contributed by atoms with Crippen LogP contribution in [0.25, 0.3) is 11.1 Å². The Morgan fingerprint density at radius 2 is 1.30 bits per heavy atom. The van der Waals surface area contributed by atoms with Crippen LogP contribution >= 0.6 is 0 Å². The Balaban J connectivity index is 2.06. The average molecular weight is 303 g/mol. The van der Waals surface area contributed by atoms with Crippen LogP contribution in [-0.2, 0) is 0 Å². The zero-order valence-corrected chi connectivity index (χ0v) is 12.2. The van der Waals surface area contributed by atoms with Gasteiger partial charge < -0.3 is 0 Å². The number of para-hydroxylation sites is 1. The maximum absolute atomic E-state index is 11.2. The first-order chi connectivity index (χ1) is 11.3. The van der Waals surface area contributed by atoms with Crippen LogP contribution in [0.4, 0.5) is 17.1 Å². The summed E-state index contributed by atoms with van der Waals surface area (Å²) in [6.07, 6.45) is 0. The van der Waals surface area contributed by atoms with Crippen molar-refractivity contribution in [3.05, 3.63) is 89.0 Å². The summed E-state index contributed by atoms with van der Waals surface area (Å²) in [5.41, 5.74) is 2.57. The minimum Gasteiger partial charge on any atom is -0.258 e. The molecule has 0 heterocycles. The largest absolute Gasteiger partial charge is 0.277 e. The van der Waals surface area contributed by atoms with Gasteiger partial charge in [-0.15, -0.1) is 5.11 Å². The molecule has 0 bridgehead atoms. The molecule has 0 amide bonds. The van der Waals surface area contributed by atoms with Gasteiger partial charge >= 0.3 is 0 Å². The lowest BCUT2D eigenvalue weighted by Gasteiger charge is -2.05. The molecular weight excluding hydrogens is 290 g/mol. The molecule has 0 saturated carbocycles. The van der Waals surface area contributed by atoms with Gasteiger partial charge in [0, 0.05) is 11.6 Å². The van der Waals surface area contributed by atoms with Crippen molar-refractivity contribution < 1.29 is 4.92 Å². The second kappa shape index (κ2) is 6.62. The van der Waals surface area contributed by atoms with Gasteiger partial charge in [-0.1, -0.05) is 48.5 Å².